The van der Waals surface area contributed by atoms with E-state index in [4.69, 9.17) is 9.53 Å². The molecule has 0 radical (unpaired) electrons. The highest BCUT2D eigenvalue weighted by Crippen LogP contribution is 2.44. The van der Waals surface area contributed by atoms with E-state index in [1.807, 2.05) is 0 Å². The topological polar surface area (TPSA) is 29.5 Å². The summed E-state index contributed by atoms with van der Waals surface area (Å²) >= 11 is 0. The van der Waals surface area contributed by atoms with Crippen LogP contribution < -0.4 is 0 Å². The van der Waals surface area contributed by atoms with Gasteiger partial charge < -0.3 is 9.53 Å². The average molecular weight is 242 g/mol. The van der Waals surface area contributed by atoms with E-state index >= 15 is 0 Å². The van der Waals surface area contributed by atoms with E-state index in [1.54, 1.807) is 0 Å². The molecule has 0 rings (SSSR count). The van der Waals surface area contributed by atoms with Crippen molar-refractivity contribution in [2.75, 3.05) is 13.2 Å². The van der Waals surface area contributed by atoms with Crippen LogP contribution in [0.25, 0.3) is 0 Å². The van der Waals surface area contributed by atoms with E-state index in [9.17, 15) is 0 Å². The summed E-state index contributed by atoms with van der Waals surface area (Å²) in [4.78, 5) is 0. The molecule has 94 valence electrons. The quantitative estimate of drug-likeness (QED) is 0.456. The van der Waals surface area contributed by atoms with Crippen molar-refractivity contribution in [2.45, 2.75) is 52.2 Å². The van der Waals surface area contributed by atoms with E-state index in [0.717, 1.165) is 0 Å². The summed E-state index contributed by atoms with van der Waals surface area (Å²) in [6.45, 7) is 14.3. The van der Waals surface area contributed by atoms with Crippen LogP contribution in [0.1, 0.15) is 34.1 Å². The minimum Gasteiger partial charge on any atom is -0.416 e. The zero-order valence-corrected chi connectivity index (χ0v) is 12.6. The fraction of sp³-hybridized carbons (Fsp3) is 0.846. The Labute approximate surface area is 102 Å². The third-order valence-corrected chi connectivity index (χ3v) is 8.50. The largest absolute Gasteiger partial charge is 0.416 e. The van der Waals surface area contributed by atoms with Gasteiger partial charge in [-0.3, -0.25) is 0 Å². The van der Waals surface area contributed by atoms with Crippen LogP contribution in [0.15, 0.2) is 0 Å². The maximum atomic E-state index is 8.52. The van der Waals surface area contributed by atoms with Crippen molar-refractivity contribution >= 4 is 8.32 Å². The van der Waals surface area contributed by atoms with E-state index in [2.05, 4.69) is 52.6 Å². The molecule has 1 N–H and O–H groups in total. The Morgan fingerprint density at radius 2 is 1.81 bits per heavy atom. The maximum Gasteiger partial charge on any atom is 0.192 e. The molecule has 0 aromatic heterocycles. The Kier molecular flexibility index (Phi) is 6.31. The highest BCUT2D eigenvalue weighted by molar-refractivity contribution is 6.74. The molecule has 0 aliphatic carbocycles. The van der Waals surface area contributed by atoms with Crippen LogP contribution in [0, 0.1) is 17.8 Å². The molecule has 0 atom stereocenters. The Hall–Kier alpha value is -0.303. The van der Waals surface area contributed by atoms with Crippen molar-refractivity contribution in [1.82, 2.24) is 0 Å². The minimum atomic E-state index is -1.68. The molecule has 0 fully saturated rings. The molecule has 0 aliphatic rings. The van der Waals surface area contributed by atoms with Crippen molar-refractivity contribution in [1.29, 1.82) is 0 Å². The SMILES string of the molecule is CC(C)C(C)(C)[Si](C)(C)OCCC#CCO. The van der Waals surface area contributed by atoms with Gasteiger partial charge in [-0.1, -0.05) is 39.5 Å². The molecule has 3 heteroatoms. The third kappa shape index (κ3) is 4.29. The lowest BCUT2D eigenvalue weighted by molar-refractivity contribution is 0.273. The summed E-state index contributed by atoms with van der Waals surface area (Å²) in [5.74, 6) is 6.15. The standard InChI is InChI=1S/C13H26O2Si/c1-12(2)13(3,4)16(5,6)15-11-9-7-8-10-14/h12,14H,9-11H2,1-6H3. The predicted molar refractivity (Wildman–Crippen MR) is 71.8 cm³/mol. The summed E-state index contributed by atoms with van der Waals surface area (Å²) < 4.78 is 6.06. The van der Waals surface area contributed by atoms with Gasteiger partial charge in [-0.15, -0.1) is 0 Å². The normalized spacial score (nSPS) is 12.5. The lowest BCUT2D eigenvalue weighted by atomic mass is 9.99. The summed E-state index contributed by atoms with van der Waals surface area (Å²) in [7, 11) is -1.68. The highest BCUT2D eigenvalue weighted by Gasteiger charge is 2.42. The summed E-state index contributed by atoms with van der Waals surface area (Å²) in [6.07, 6.45) is 0.713. The highest BCUT2D eigenvalue weighted by atomic mass is 28.4. The van der Waals surface area contributed by atoms with Crippen molar-refractivity contribution in [3.8, 4) is 11.8 Å². The third-order valence-electron chi connectivity index (χ3n) is 3.89. The van der Waals surface area contributed by atoms with Gasteiger partial charge in [0.15, 0.2) is 8.32 Å². The number of hydrogen-bond donors (Lipinski definition) is 1. The van der Waals surface area contributed by atoms with Crippen LogP contribution >= 0.6 is 0 Å². The van der Waals surface area contributed by atoms with E-state index in [-0.39, 0.29) is 11.6 Å². The van der Waals surface area contributed by atoms with Crippen molar-refractivity contribution < 1.29 is 9.53 Å². The number of hydrogen-bond acceptors (Lipinski definition) is 2. The first-order valence-corrected chi connectivity index (χ1v) is 8.87. The Balaban J connectivity index is 4.24. The predicted octanol–water partition coefficient (Wildman–Crippen LogP) is 3.03. The van der Waals surface area contributed by atoms with Crippen molar-refractivity contribution in [3.05, 3.63) is 0 Å². The first kappa shape index (κ1) is 15.7. The van der Waals surface area contributed by atoms with Crippen LogP contribution in [0.3, 0.4) is 0 Å². The molecular weight excluding hydrogens is 216 g/mol. The smallest absolute Gasteiger partial charge is 0.192 e. The van der Waals surface area contributed by atoms with Gasteiger partial charge in [-0.25, -0.2) is 0 Å². The molecular formula is C13H26O2Si. The second kappa shape index (κ2) is 6.44. The summed E-state index contributed by atoms with van der Waals surface area (Å²) in [5, 5.41) is 8.78. The van der Waals surface area contributed by atoms with Crippen molar-refractivity contribution in [2.24, 2.45) is 5.92 Å². The maximum absolute atomic E-state index is 8.52. The monoisotopic (exact) mass is 242 g/mol. The summed E-state index contributed by atoms with van der Waals surface area (Å²) in [5.41, 5.74) is 0. The van der Waals surface area contributed by atoms with Crippen LogP contribution in [-0.4, -0.2) is 26.6 Å². The van der Waals surface area contributed by atoms with E-state index in [1.165, 1.54) is 0 Å². The van der Waals surface area contributed by atoms with Gasteiger partial charge in [-0.05, 0) is 24.1 Å². The second-order valence-electron chi connectivity index (χ2n) is 5.50. The summed E-state index contributed by atoms with van der Waals surface area (Å²) in [6, 6.07) is 0. The molecule has 0 unspecified atom stereocenters. The van der Waals surface area contributed by atoms with E-state index < -0.39 is 8.32 Å². The fourth-order valence-corrected chi connectivity index (χ4v) is 3.76. The zero-order valence-electron chi connectivity index (χ0n) is 11.6. The fourth-order valence-electron chi connectivity index (χ4n) is 1.38. The van der Waals surface area contributed by atoms with Gasteiger partial charge >= 0.3 is 0 Å². The molecule has 0 spiro atoms. The Morgan fingerprint density at radius 1 is 1.25 bits per heavy atom. The molecule has 16 heavy (non-hydrogen) atoms. The van der Waals surface area contributed by atoms with E-state index in [0.29, 0.717) is 18.9 Å². The van der Waals surface area contributed by atoms with Crippen LogP contribution in [-0.2, 0) is 4.43 Å². The first-order valence-electron chi connectivity index (χ1n) is 5.96. The Morgan fingerprint density at radius 3 is 2.25 bits per heavy atom. The van der Waals surface area contributed by atoms with Crippen LogP contribution in [0.2, 0.25) is 18.1 Å². The average Bonchev–Trinajstić information content (AvgIpc) is 2.16. The minimum absolute atomic E-state index is 0.0572. The molecule has 2 nitrogen and oxygen atoms in total. The van der Waals surface area contributed by atoms with Gasteiger partial charge in [0.25, 0.3) is 0 Å². The van der Waals surface area contributed by atoms with Gasteiger partial charge in [0.2, 0.25) is 0 Å². The van der Waals surface area contributed by atoms with Gasteiger partial charge in [0.05, 0.1) is 0 Å². The number of aliphatic hydroxyl groups excluding tert-OH is 1. The molecule has 0 saturated carbocycles. The second-order valence-corrected chi connectivity index (χ2v) is 10.1. The number of aliphatic hydroxyl groups is 1. The van der Waals surface area contributed by atoms with Crippen LogP contribution in [0.5, 0.6) is 0 Å². The van der Waals surface area contributed by atoms with Gasteiger partial charge in [0.1, 0.15) is 6.61 Å². The molecule has 0 aromatic rings. The number of rotatable bonds is 5. The Bertz CT molecular complexity index is 259. The molecule has 0 aromatic carbocycles. The van der Waals surface area contributed by atoms with Crippen LogP contribution in [0.4, 0.5) is 0 Å². The van der Waals surface area contributed by atoms with Gasteiger partial charge in [-0.2, -0.15) is 0 Å². The molecule has 0 bridgehead atoms. The lowest BCUT2D eigenvalue weighted by Gasteiger charge is -2.42. The van der Waals surface area contributed by atoms with Gasteiger partial charge in [0, 0.05) is 13.0 Å². The molecule has 0 heterocycles. The first-order chi connectivity index (χ1) is 7.25. The van der Waals surface area contributed by atoms with Crippen molar-refractivity contribution in [3.63, 3.8) is 0 Å². The molecule has 0 aliphatic heterocycles. The zero-order chi connectivity index (χ0) is 12.8. The lowest BCUT2D eigenvalue weighted by Crippen LogP contribution is -2.45. The molecule has 0 amide bonds. The molecule has 0 saturated heterocycles.